The van der Waals surface area contributed by atoms with Crippen molar-refractivity contribution in [2.24, 2.45) is 10.3 Å². The normalized spacial score (nSPS) is 17.7. The average Bonchev–Trinajstić information content (AvgIpc) is 3.20. The van der Waals surface area contributed by atoms with Crippen LogP contribution < -0.4 is 4.74 Å². The van der Waals surface area contributed by atoms with Gasteiger partial charge < -0.3 is 4.74 Å². The van der Waals surface area contributed by atoms with Crippen molar-refractivity contribution in [1.29, 1.82) is 0 Å². The van der Waals surface area contributed by atoms with Crippen LogP contribution in [0, 0.1) is 5.92 Å². The highest BCUT2D eigenvalue weighted by molar-refractivity contribution is 7.85. The zero-order valence-corrected chi connectivity index (χ0v) is 14.6. The summed E-state index contributed by atoms with van der Waals surface area (Å²) in [6, 6.07) is 5.56. The minimum absolute atomic E-state index is 0.362. The van der Waals surface area contributed by atoms with E-state index in [4.69, 9.17) is 16.3 Å². The van der Waals surface area contributed by atoms with Crippen LogP contribution in [0.15, 0.2) is 22.6 Å². The Morgan fingerprint density at radius 1 is 1.43 bits per heavy atom. The lowest BCUT2D eigenvalue weighted by molar-refractivity contribution is 0.300. The Morgan fingerprint density at radius 2 is 2.10 bits per heavy atom. The first-order valence-electron chi connectivity index (χ1n) is 7.17. The summed E-state index contributed by atoms with van der Waals surface area (Å²) in [5.41, 5.74) is 1.62. The maximum atomic E-state index is 12.1. The third kappa shape index (κ3) is 4.82. The van der Waals surface area contributed by atoms with E-state index in [0.29, 0.717) is 23.3 Å². The fraction of sp³-hybridized carbons (Fsp3) is 0.562. The molecule has 0 unspecified atom stereocenters. The van der Waals surface area contributed by atoms with Gasteiger partial charge in [-0.2, -0.15) is 4.40 Å². The highest BCUT2D eigenvalue weighted by Gasteiger charge is 2.22. The van der Waals surface area contributed by atoms with Crippen LogP contribution in [-0.4, -0.2) is 21.3 Å². The molecular formula is C16H22ClNO2S. The third-order valence-electron chi connectivity index (χ3n) is 3.26. The quantitative estimate of drug-likeness (QED) is 0.752. The summed E-state index contributed by atoms with van der Waals surface area (Å²) in [6.45, 7) is 8.30. The van der Waals surface area contributed by atoms with Gasteiger partial charge in [-0.25, -0.2) is 4.21 Å². The molecule has 116 valence electrons. The molecular weight excluding hydrogens is 306 g/mol. The van der Waals surface area contributed by atoms with E-state index >= 15 is 0 Å². The molecule has 0 radical (unpaired) electrons. The predicted molar refractivity (Wildman–Crippen MR) is 89.8 cm³/mol. The van der Waals surface area contributed by atoms with Gasteiger partial charge in [-0.1, -0.05) is 17.7 Å². The van der Waals surface area contributed by atoms with Gasteiger partial charge in [0.1, 0.15) is 16.7 Å². The Balaban J connectivity index is 2.16. The minimum Gasteiger partial charge on any atom is -0.492 e. The molecule has 0 aliphatic heterocycles. The van der Waals surface area contributed by atoms with Gasteiger partial charge in [-0.15, -0.1) is 0 Å². The highest BCUT2D eigenvalue weighted by Crippen LogP contribution is 2.32. The molecule has 0 spiro atoms. The summed E-state index contributed by atoms with van der Waals surface area (Å²) in [5.74, 6) is 1.35. The van der Waals surface area contributed by atoms with Crippen LogP contribution in [-0.2, 0) is 11.0 Å². The molecule has 1 aromatic rings. The zero-order chi connectivity index (χ0) is 15.6. The molecule has 0 amide bonds. The van der Waals surface area contributed by atoms with Crippen molar-refractivity contribution in [2.45, 2.75) is 45.3 Å². The number of ether oxygens (including phenoxy) is 1. The SMILES string of the molecule is C/C(=N\[S@@](=O)C(C)(C)C)c1ccc(Cl)c(OCC2CC2)c1. The fourth-order valence-electron chi connectivity index (χ4n) is 1.65. The van der Waals surface area contributed by atoms with Crippen molar-refractivity contribution in [1.82, 2.24) is 0 Å². The molecule has 3 nitrogen and oxygen atoms in total. The Labute approximate surface area is 134 Å². The smallest absolute Gasteiger partial charge is 0.145 e. The Kier molecular flexibility index (Phi) is 5.10. The molecule has 1 atom stereocenters. The molecule has 1 saturated carbocycles. The van der Waals surface area contributed by atoms with E-state index in [1.807, 2.05) is 39.8 Å². The molecule has 5 heteroatoms. The second-order valence-corrected chi connectivity index (χ2v) is 8.75. The monoisotopic (exact) mass is 327 g/mol. The second-order valence-electron chi connectivity index (χ2n) is 6.44. The molecule has 21 heavy (non-hydrogen) atoms. The van der Waals surface area contributed by atoms with E-state index in [2.05, 4.69) is 4.40 Å². The van der Waals surface area contributed by atoms with E-state index in [1.54, 1.807) is 6.07 Å². The Morgan fingerprint density at radius 3 is 2.67 bits per heavy atom. The standard InChI is InChI=1S/C16H22ClNO2S/c1-11(18-21(19)16(2,3)4)13-7-8-14(17)15(9-13)20-10-12-5-6-12/h7-9,12H,5-6,10H2,1-4H3/b18-11+/t21-/m0/s1. The maximum absolute atomic E-state index is 12.1. The zero-order valence-electron chi connectivity index (χ0n) is 13.0. The lowest BCUT2D eigenvalue weighted by atomic mass is 10.1. The largest absolute Gasteiger partial charge is 0.492 e. The number of rotatable bonds is 5. The van der Waals surface area contributed by atoms with Gasteiger partial charge in [0, 0.05) is 5.56 Å². The van der Waals surface area contributed by atoms with E-state index < -0.39 is 11.0 Å². The van der Waals surface area contributed by atoms with E-state index in [-0.39, 0.29) is 4.75 Å². The van der Waals surface area contributed by atoms with Crippen molar-refractivity contribution >= 4 is 28.3 Å². The van der Waals surface area contributed by atoms with Crippen molar-refractivity contribution < 1.29 is 8.95 Å². The summed E-state index contributed by atoms with van der Waals surface area (Å²) in [7, 11) is -1.27. The lowest BCUT2D eigenvalue weighted by Crippen LogP contribution is -2.20. The number of benzene rings is 1. The summed E-state index contributed by atoms with van der Waals surface area (Å²) in [5, 5.41) is 0.601. The second kappa shape index (κ2) is 6.49. The van der Waals surface area contributed by atoms with Crippen LogP contribution >= 0.6 is 11.6 Å². The van der Waals surface area contributed by atoms with Gasteiger partial charge in [0.2, 0.25) is 0 Å². The minimum atomic E-state index is -1.27. The van der Waals surface area contributed by atoms with Gasteiger partial charge in [-0.3, -0.25) is 0 Å². The van der Waals surface area contributed by atoms with Crippen LogP contribution in [0.3, 0.4) is 0 Å². The molecule has 1 aliphatic rings. The van der Waals surface area contributed by atoms with Crippen LogP contribution in [0.25, 0.3) is 0 Å². The van der Waals surface area contributed by atoms with Crippen LogP contribution in [0.2, 0.25) is 5.02 Å². The fourth-order valence-corrected chi connectivity index (χ4v) is 2.45. The molecule has 0 heterocycles. The van der Waals surface area contributed by atoms with Crippen molar-refractivity contribution in [3.05, 3.63) is 28.8 Å². The molecule has 0 N–H and O–H groups in total. The van der Waals surface area contributed by atoms with Gasteiger partial charge in [0.25, 0.3) is 0 Å². The number of hydrogen-bond acceptors (Lipinski definition) is 2. The molecule has 0 aromatic heterocycles. The van der Waals surface area contributed by atoms with Crippen LogP contribution in [0.1, 0.15) is 46.1 Å². The molecule has 0 bridgehead atoms. The summed E-state index contributed by atoms with van der Waals surface area (Å²) in [6.07, 6.45) is 2.48. The number of nitrogens with zero attached hydrogens (tertiary/aromatic N) is 1. The molecule has 1 aliphatic carbocycles. The summed E-state index contributed by atoms with van der Waals surface area (Å²) < 4.78 is 21.8. The topological polar surface area (TPSA) is 38.7 Å². The van der Waals surface area contributed by atoms with Gasteiger partial charge >= 0.3 is 0 Å². The Hall–Kier alpha value is -0.870. The van der Waals surface area contributed by atoms with Crippen molar-refractivity contribution in [2.75, 3.05) is 6.61 Å². The van der Waals surface area contributed by atoms with Gasteiger partial charge in [-0.05, 0) is 58.6 Å². The molecule has 2 rings (SSSR count). The molecule has 1 fully saturated rings. The van der Waals surface area contributed by atoms with Crippen molar-refractivity contribution in [3.63, 3.8) is 0 Å². The van der Waals surface area contributed by atoms with Gasteiger partial charge in [0.05, 0.1) is 22.1 Å². The molecule has 0 saturated heterocycles. The first-order chi connectivity index (χ1) is 9.77. The third-order valence-corrected chi connectivity index (χ3v) is 5.06. The average molecular weight is 328 g/mol. The summed E-state index contributed by atoms with van der Waals surface area (Å²) in [4.78, 5) is 0. The van der Waals surface area contributed by atoms with E-state index in [9.17, 15) is 4.21 Å². The predicted octanol–water partition coefficient (Wildman–Crippen LogP) is 4.40. The van der Waals surface area contributed by atoms with Crippen LogP contribution in [0.5, 0.6) is 5.75 Å². The lowest BCUT2D eigenvalue weighted by Gasteiger charge is -2.14. The maximum Gasteiger partial charge on any atom is 0.145 e. The highest BCUT2D eigenvalue weighted by atomic mass is 35.5. The first-order valence-corrected chi connectivity index (χ1v) is 8.66. The summed E-state index contributed by atoms with van der Waals surface area (Å²) >= 11 is 6.16. The van der Waals surface area contributed by atoms with Crippen molar-refractivity contribution in [3.8, 4) is 5.75 Å². The van der Waals surface area contributed by atoms with E-state index in [0.717, 1.165) is 11.3 Å². The number of hydrogen-bond donors (Lipinski definition) is 0. The number of halogens is 1. The Bertz CT molecular complexity index is 574. The van der Waals surface area contributed by atoms with E-state index in [1.165, 1.54) is 12.8 Å². The van der Waals surface area contributed by atoms with Gasteiger partial charge in [0.15, 0.2) is 0 Å². The van der Waals surface area contributed by atoms with Crippen LogP contribution in [0.4, 0.5) is 0 Å². The molecule has 1 aromatic carbocycles. The first kappa shape index (κ1) is 16.5.